The van der Waals surface area contributed by atoms with Gasteiger partial charge in [0.15, 0.2) is 0 Å². The lowest BCUT2D eigenvalue weighted by Crippen LogP contribution is -2.45. The predicted octanol–water partition coefficient (Wildman–Crippen LogP) is 3.21. The van der Waals surface area contributed by atoms with Crippen molar-refractivity contribution in [3.63, 3.8) is 0 Å². The molecule has 1 aliphatic rings. The average Bonchev–Trinajstić information content (AvgIpc) is 2.97. The summed E-state index contributed by atoms with van der Waals surface area (Å²) in [6.45, 7) is 11.2. The summed E-state index contributed by atoms with van der Waals surface area (Å²) in [4.78, 5) is 2.62. The monoisotopic (exact) mass is 292 g/mol. The van der Waals surface area contributed by atoms with E-state index in [1.165, 1.54) is 37.9 Å². The van der Waals surface area contributed by atoms with Crippen molar-refractivity contribution in [1.29, 1.82) is 0 Å². The van der Waals surface area contributed by atoms with E-state index in [9.17, 15) is 0 Å². The second-order valence-electron chi connectivity index (χ2n) is 6.37. The molecule has 2 heterocycles. The molecule has 1 aromatic rings. The Morgan fingerprint density at radius 3 is 3.00 bits per heavy atom. The highest BCUT2D eigenvalue weighted by Gasteiger charge is 2.22. The largest absolute Gasteiger partial charge is 0.315 e. The normalized spacial score (nSPS) is 21.6. The smallest absolute Gasteiger partial charge is 0.0765 e. The minimum absolute atomic E-state index is 0.502. The van der Waals surface area contributed by atoms with Crippen molar-refractivity contribution in [3.05, 3.63) is 18.0 Å². The average molecular weight is 292 g/mol. The van der Waals surface area contributed by atoms with Gasteiger partial charge < -0.3 is 5.32 Å². The van der Waals surface area contributed by atoms with Gasteiger partial charge in [0.1, 0.15) is 0 Å². The third-order valence-corrected chi connectivity index (χ3v) is 4.63. The number of hydrogen-bond donors (Lipinski definition) is 1. The summed E-state index contributed by atoms with van der Waals surface area (Å²) in [5.74, 6) is 0. The number of hydrogen-bond acceptors (Lipinski definition) is 3. The van der Waals surface area contributed by atoms with Crippen molar-refractivity contribution < 1.29 is 0 Å². The van der Waals surface area contributed by atoms with Gasteiger partial charge in [-0.3, -0.25) is 9.58 Å². The fourth-order valence-electron chi connectivity index (χ4n) is 3.05. The first-order valence-corrected chi connectivity index (χ1v) is 8.73. The number of likely N-dealkylation sites (tertiary alicyclic amines) is 1. The van der Waals surface area contributed by atoms with Crippen LogP contribution in [-0.4, -0.2) is 40.4 Å². The summed E-state index contributed by atoms with van der Waals surface area (Å²) in [7, 11) is 0. The Balaban J connectivity index is 1.90. The molecule has 2 rings (SSSR count). The zero-order chi connectivity index (χ0) is 15.1. The number of nitrogens with one attached hydrogen (secondary N) is 1. The van der Waals surface area contributed by atoms with E-state index in [-0.39, 0.29) is 0 Å². The third-order valence-electron chi connectivity index (χ3n) is 4.63. The maximum atomic E-state index is 4.76. The first kappa shape index (κ1) is 16.5. The molecule has 2 unspecified atom stereocenters. The van der Waals surface area contributed by atoms with Gasteiger partial charge in [0, 0.05) is 31.4 Å². The molecule has 1 aliphatic heterocycles. The lowest BCUT2D eigenvalue weighted by molar-refractivity contribution is 0.135. The van der Waals surface area contributed by atoms with Crippen LogP contribution in [0.2, 0.25) is 0 Å². The molecule has 0 aliphatic carbocycles. The van der Waals surface area contributed by atoms with E-state index in [4.69, 9.17) is 5.10 Å². The molecule has 1 aromatic heterocycles. The summed E-state index contributed by atoms with van der Waals surface area (Å²) in [6, 6.07) is 3.37. The second kappa shape index (κ2) is 8.54. The maximum Gasteiger partial charge on any atom is 0.0765 e. The quantitative estimate of drug-likeness (QED) is 0.747. The van der Waals surface area contributed by atoms with Crippen LogP contribution in [0.15, 0.2) is 12.3 Å². The molecule has 120 valence electrons. The molecule has 4 heteroatoms. The third kappa shape index (κ3) is 4.82. The molecule has 21 heavy (non-hydrogen) atoms. The number of rotatable bonds is 8. The lowest BCUT2D eigenvalue weighted by atomic mass is 10.0. The Labute approximate surface area is 129 Å². The SMILES string of the molecule is CCCNCC1CCCCN1Cc1ccn(C(C)CC)n1. The highest BCUT2D eigenvalue weighted by molar-refractivity contribution is 5.00. The van der Waals surface area contributed by atoms with E-state index in [0.717, 1.165) is 26.1 Å². The topological polar surface area (TPSA) is 33.1 Å². The van der Waals surface area contributed by atoms with Crippen LogP contribution in [0.4, 0.5) is 0 Å². The van der Waals surface area contributed by atoms with Crippen LogP contribution < -0.4 is 5.32 Å². The molecule has 1 N–H and O–H groups in total. The molecule has 1 saturated heterocycles. The fourth-order valence-corrected chi connectivity index (χ4v) is 3.05. The van der Waals surface area contributed by atoms with Gasteiger partial charge in [0.25, 0.3) is 0 Å². The second-order valence-corrected chi connectivity index (χ2v) is 6.37. The highest BCUT2D eigenvalue weighted by Crippen LogP contribution is 2.19. The summed E-state index contributed by atoms with van der Waals surface area (Å²) in [5.41, 5.74) is 1.22. The Morgan fingerprint density at radius 2 is 2.24 bits per heavy atom. The van der Waals surface area contributed by atoms with Crippen molar-refractivity contribution in [1.82, 2.24) is 20.0 Å². The van der Waals surface area contributed by atoms with Gasteiger partial charge in [-0.05, 0) is 51.8 Å². The van der Waals surface area contributed by atoms with Crippen LogP contribution in [-0.2, 0) is 6.54 Å². The fraction of sp³-hybridized carbons (Fsp3) is 0.824. The lowest BCUT2D eigenvalue weighted by Gasteiger charge is -2.35. The van der Waals surface area contributed by atoms with Crippen LogP contribution in [0, 0.1) is 0 Å². The van der Waals surface area contributed by atoms with Crippen molar-refractivity contribution in [3.8, 4) is 0 Å². The van der Waals surface area contributed by atoms with E-state index >= 15 is 0 Å². The predicted molar refractivity (Wildman–Crippen MR) is 88.4 cm³/mol. The molecular weight excluding hydrogens is 260 g/mol. The molecule has 0 aromatic carbocycles. The van der Waals surface area contributed by atoms with Gasteiger partial charge >= 0.3 is 0 Å². The van der Waals surface area contributed by atoms with Crippen LogP contribution in [0.25, 0.3) is 0 Å². The molecule has 4 nitrogen and oxygen atoms in total. The molecular formula is C17H32N4. The van der Waals surface area contributed by atoms with Gasteiger partial charge in [0.05, 0.1) is 5.69 Å². The molecule has 2 atom stereocenters. The minimum Gasteiger partial charge on any atom is -0.315 e. The zero-order valence-corrected chi connectivity index (χ0v) is 14.0. The van der Waals surface area contributed by atoms with Gasteiger partial charge in [-0.2, -0.15) is 5.10 Å². The number of aromatic nitrogens is 2. The number of piperidine rings is 1. The summed E-state index contributed by atoms with van der Waals surface area (Å²) in [6.07, 6.45) is 8.51. The zero-order valence-electron chi connectivity index (χ0n) is 14.0. The van der Waals surface area contributed by atoms with Crippen LogP contribution in [0.1, 0.15) is 64.6 Å². The first-order chi connectivity index (χ1) is 10.2. The van der Waals surface area contributed by atoms with Crippen molar-refractivity contribution in [2.24, 2.45) is 0 Å². The van der Waals surface area contributed by atoms with Gasteiger partial charge in [-0.25, -0.2) is 0 Å². The Bertz CT molecular complexity index is 401. The van der Waals surface area contributed by atoms with Crippen LogP contribution >= 0.6 is 0 Å². The van der Waals surface area contributed by atoms with E-state index in [0.29, 0.717) is 12.1 Å². The number of nitrogens with zero attached hydrogens (tertiary/aromatic N) is 3. The van der Waals surface area contributed by atoms with E-state index < -0.39 is 0 Å². The minimum atomic E-state index is 0.502. The van der Waals surface area contributed by atoms with E-state index in [2.05, 4.69) is 47.9 Å². The van der Waals surface area contributed by atoms with Crippen LogP contribution in [0.3, 0.4) is 0 Å². The summed E-state index contributed by atoms with van der Waals surface area (Å²) >= 11 is 0. The standard InChI is InChI=1S/C17H32N4/c1-4-10-18-13-17-8-6-7-11-20(17)14-16-9-12-21(19-16)15(3)5-2/h9,12,15,17-18H,4-8,10-11,13-14H2,1-3H3. The highest BCUT2D eigenvalue weighted by atomic mass is 15.3. The molecule has 0 saturated carbocycles. The summed E-state index contributed by atoms with van der Waals surface area (Å²) < 4.78 is 2.11. The van der Waals surface area contributed by atoms with Gasteiger partial charge in [-0.15, -0.1) is 0 Å². The Kier molecular flexibility index (Phi) is 6.71. The summed E-state index contributed by atoms with van der Waals surface area (Å²) in [5, 5.41) is 8.35. The first-order valence-electron chi connectivity index (χ1n) is 8.73. The van der Waals surface area contributed by atoms with Crippen molar-refractivity contribution >= 4 is 0 Å². The van der Waals surface area contributed by atoms with Crippen LogP contribution in [0.5, 0.6) is 0 Å². The molecule has 1 fully saturated rings. The molecule has 0 radical (unpaired) electrons. The van der Waals surface area contributed by atoms with E-state index in [1.54, 1.807) is 0 Å². The Hall–Kier alpha value is -0.870. The van der Waals surface area contributed by atoms with E-state index in [1.807, 2.05) is 0 Å². The van der Waals surface area contributed by atoms with Gasteiger partial charge in [0.2, 0.25) is 0 Å². The van der Waals surface area contributed by atoms with Crippen molar-refractivity contribution in [2.45, 2.75) is 71.5 Å². The van der Waals surface area contributed by atoms with Crippen molar-refractivity contribution in [2.75, 3.05) is 19.6 Å². The molecule has 0 amide bonds. The molecule has 0 bridgehead atoms. The van der Waals surface area contributed by atoms with Gasteiger partial charge in [-0.1, -0.05) is 20.3 Å². The Morgan fingerprint density at radius 1 is 1.38 bits per heavy atom. The maximum absolute atomic E-state index is 4.76. The molecule has 0 spiro atoms.